The van der Waals surface area contributed by atoms with Gasteiger partial charge in [-0.15, -0.1) is 0 Å². The lowest BCUT2D eigenvalue weighted by atomic mass is 10.2. The van der Waals surface area contributed by atoms with E-state index >= 15 is 0 Å². The molecule has 4 heteroatoms. The predicted molar refractivity (Wildman–Crippen MR) is 71.9 cm³/mol. The number of benzene rings is 1. The van der Waals surface area contributed by atoms with Crippen LogP contribution in [0.2, 0.25) is 0 Å². The standard InChI is InChI=1S/C11H15BrN2S/c1-8(11(13)15)14(2)7-9-3-5-10(12)6-4-9/h3-6,8H,7H2,1-2H3,(H2,13,15). The SMILES string of the molecule is CC(C(N)=S)N(C)Cc1ccc(Br)cc1. The average molecular weight is 287 g/mol. The van der Waals surface area contributed by atoms with E-state index in [1.165, 1.54) is 5.56 Å². The van der Waals surface area contributed by atoms with Crippen LogP contribution >= 0.6 is 28.1 Å². The van der Waals surface area contributed by atoms with Crippen molar-refractivity contribution in [1.29, 1.82) is 0 Å². The molecule has 0 aliphatic heterocycles. The fourth-order valence-electron chi connectivity index (χ4n) is 1.23. The molecule has 82 valence electrons. The van der Waals surface area contributed by atoms with Gasteiger partial charge < -0.3 is 5.73 Å². The maximum absolute atomic E-state index is 5.60. The van der Waals surface area contributed by atoms with Crippen LogP contribution in [-0.2, 0) is 6.54 Å². The van der Waals surface area contributed by atoms with Crippen LogP contribution < -0.4 is 5.73 Å². The fraction of sp³-hybridized carbons (Fsp3) is 0.364. The third-order valence-electron chi connectivity index (χ3n) is 2.42. The summed E-state index contributed by atoms with van der Waals surface area (Å²) >= 11 is 8.37. The van der Waals surface area contributed by atoms with Crippen LogP contribution in [-0.4, -0.2) is 23.0 Å². The van der Waals surface area contributed by atoms with Crippen molar-refractivity contribution >= 4 is 33.1 Å². The quantitative estimate of drug-likeness (QED) is 0.863. The minimum Gasteiger partial charge on any atom is -0.392 e. The van der Waals surface area contributed by atoms with Crippen molar-refractivity contribution in [2.24, 2.45) is 5.73 Å². The van der Waals surface area contributed by atoms with Gasteiger partial charge in [0.1, 0.15) is 0 Å². The second kappa shape index (κ2) is 5.58. The second-order valence-corrected chi connectivity index (χ2v) is 5.01. The van der Waals surface area contributed by atoms with Crippen molar-refractivity contribution in [3.8, 4) is 0 Å². The summed E-state index contributed by atoms with van der Waals surface area (Å²) in [6.45, 7) is 2.87. The number of halogens is 1. The maximum Gasteiger partial charge on any atom is 0.0899 e. The molecule has 0 radical (unpaired) electrons. The van der Waals surface area contributed by atoms with Gasteiger partial charge in [0, 0.05) is 11.0 Å². The molecule has 0 spiro atoms. The molecule has 0 bridgehead atoms. The summed E-state index contributed by atoms with van der Waals surface area (Å²) in [7, 11) is 2.02. The van der Waals surface area contributed by atoms with E-state index in [2.05, 4.69) is 33.0 Å². The van der Waals surface area contributed by atoms with Crippen LogP contribution in [0.4, 0.5) is 0 Å². The molecule has 1 aromatic carbocycles. The monoisotopic (exact) mass is 286 g/mol. The number of rotatable bonds is 4. The molecule has 0 aliphatic rings. The highest BCUT2D eigenvalue weighted by Crippen LogP contribution is 2.12. The molecule has 1 aromatic rings. The van der Waals surface area contributed by atoms with Crippen LogP contribution in [0.15, 0.2) is 28.7 Å². The number of likely N-dealkylation sites (N-methyl/N-ethyl adjacent to an activating group) is 1. The van der Waals surface area contributed by atoms with Gasteiger partial charge in [0.05, 0.1) is 11.0 Å². The Morgan fingerprint density at radius 2 is 2.00 bits per heavy atom. The predicted octanol–water partition coefficient (Wildman–Crippen LogP) is 2.56. The topological polar surface area (TPSA) is 29.3 Å². The van der Waals surface area contributed by atoms with E-state index in [1.807, 2.05) is 26.1 Å². The largest absolute Gasteiger partial charge is 0.392 e. The molecular formula is C11H15BrN2S. The van der Waals surface area contributed by atoms with Gasteiger partial charge in [0.25, 0.3) is 0 Å². The molecule has 0 aliphatic carbocycles. The Bertz CT molecular complexity index is 337. The van der Waals surface area contributed by atoms with E-state index in [4.69, 9.17) is 18.0 Å². The van der Waals surface area contributed by atoms with Crippen LogP contribution in [0.1, 0.15) is 12.5 Å². The molecule has 15 heavy (non-hydrogen) atoms. The van der Waals surface area contributed by atoms with E-state index < -0.39 is 0 Å². The summed E-state index contributed by atoms with van der Waals surface area (Å²) in [5, 5.41) is 0. The zero-order valence-electron chi connectivity index (χ0n) is 8.90. The van der Waals surface area contributed by atoms with E-state index in [9.17, 15) is 0 Å². The number of nitrogens with zero attached hydrogens (tertiary/aromatic N) is 1. The van der Waals surface area contributed by atoms with Gasteiger partial charge in [0.2, 0.25) is 0 Å². The summed E-state index contributed by atoms with van der Waals surface area (Å²) < 4.78 is 1.09. The first-order valence-corrected chi connectivity index (χ1v) is 5.95. The summed E-state index contributed by atoms with van der Waals surface area (Å²) in [4.78, 5) is 2.67. The van der Waals surface area contributed by atoms with Crippen LogP contribution in [0.25, 0.3) is 0 Å². The molecule has 0 saturated carbocycles. The zero-order chi connectivity index (χ0) is 11.4. The molecule has 0 amide bonds. The van der Waals surface area contributed by atoms with Crippen molar-refractivity contribution in [2.75, 3.05) is 7.05 Å². The van der Waals surface area contributed by atoms with Crippen molar-refractivity contribution in [2.45, 2.75) is 19.5 Å². The Morgan fingerprint density at radius 1 is 1.47 bits per heavy atom. The van der Waals surface area contributed by atoms with Gasteiger partial charge in [0.15, 0.2) is 0 Å². The maximum atomic E-state index is 5.60. The molecular weight excluding hydrogens is 272 g/mol. The van der Waals surface area contributed by atoms with Crippen molar-refractivity contribution in [1.82, 2.24) is 4.90 Å². The van der Waals surface area contributed by atoms with Gasteiger partial charge in [-0.2, -0.15) is 0 Å². The van der Waals surface area contributed by atoms with E-state index in [0.717, 1.165) is 11.0 Å². The third-order valence-corrected chi connectivity index (χ3v) is 3.29. The summed E-state index contributed by atoms with van der Waals surface area (Å²) in [6, 6.07) is 8.38. The summed E-state index contributed by atoms with van der Waals surface area (Å²) in [5.41, 5.74) is 6.85. The van der Waals surface area contributed by atoms with Gasteiger partial charge >= 0.3 is 0 Å². The van der Waals surface area contributed by atoms with Gasteiger partial charge in [-0.3, -0.25) is 4.90 Å². The Kier molecular flexibility index (Phi) is 4.70. The number of thiocarbonyl (C=S) groups is 1. The van der Waals surface area contributed by atoms with Crippen molar-refractivity contribution < 1.29 is 0 Å². The lowest BCUT2D eigenvalue weighted by molar-refractivity contribution is 0.304. The first kappa shape index (κ1) is 12.6. The summed E-state index contributed by atoms with van der Waals surface area (Å²) in [5.74, 6) is 0. The second-order valence-electron chi connectivity index (χ2n) is 3.62. The van der Waals surface area contributed by atoms with Gasteiger partial charge in [-0.05, 0) is 31.7 Å². The Balaban J connectivity index is 2.62. The Labute approximate surface area is 105 Å². The molecule has 2 N–H and O–H groups in total. The average Bonchev–Trinajstić information content (AvgIpc) is 2.20. The van der Waals surface area contributed by atoms with Crippen LogP contribution in [0.5, 0.6) is 0 Å². The minimum atomic E-state index is 0.128. The molecule has 1 atom stereocenters. The lowest BCUT2D eigenvalue weighted by Gasteiger charge is -2.23. The van der Waals surface area contributed by atoms with Crippen LogP contribution in [0, 0.1) is 0 Å². The molecule has 0 heterocycles. The number of nitrogens with two attached hydrogens (primary N) is 1. The molecule has 1 unspecified atom stereocenters. The van der Waals surface area contributed by atoms with E-state index in [1.54, 1.807) is 0 Å². The Hall–Kier alpha value is -0.450. The van der Waals surface area contributed by atoms with Gasteiger partial charge in [-0.25, -0.2) is 0 Å². The number of hydrogen-bond donors (Lipinski definition) is 1. The first-order valence-electron chi connectivity index (χ1n) is 4.74. The number of hydrogen-bond acceptors (Lipinski definition) is 2. The smallest absolute Gasteiger partial charge is 0.0899 e. The Morgan fingerprint density at radius 3 is 2.47 bits per heavy atom. The molecule has 0 fully saturated rings. The van der Waals surface area contributed by atoms with E-state index in [-0.39, 0.29) is 6.04 Å². The molecule has 0 aromatic heterocycles. The zero-order valence-corrected chi connectivity index (χ0v) is 11.3. The van der Waals surface area contributed by atoms with Crippen LogP contribution in [0.3, 0.4) is 0 Å². The molecule has 1 rings (SSSR count). The lowest BCUT2D eigenvalue weighted by Crippen LogP contribution is -2.38. The minimum absolute atomic E-state index is 0.128. The van der Waals surface area contributed by atoms with Crippen molar-refractivity contribution in [3.05, 3.63) is 34.3 Å². The normalized spacial score (nSPS) is 12.8. The fourth-order valence-corrected chi connectivity index (χ4v) is 1.68. The van der Waals surface area contributed by atoms with E-state index in [0.29, 0.717) is 4.99 Å². The highest BCUT2D eigenvalue weighted by molar-refractivity contribution is 9.10. The first-order chi connectivity index (χ1) is 7.00. The summed E-state index contributed by atoms with van der Waals surface area (Å²) in [6.07, 6.45) is 0. The third kappa shape index (κ3) is 3.89. The molecule has 2 nitrogen and oxygen atoms in total. The highest BCUT2D eigenvalue weighted by Gasteiger charge is 2.11. The highest BCUT2D eigenvalue weighted by atomic mass is 79.9. The van der Waals surface area contributed by atoms with Gasteiger partial charge in [-0.1, -0.05) is 40.3 Å². The van der Waals surface area contributed by atoms with Crippen molar-refractivity contribution in [3.63, 3.8) is 0 Å². The molecule has 0 saturated heterocycles.